The van der Waals surface area contributed by atoms with Crippen molar-refractivity contribution in [2.75, 3.05) is 20.2 Å². The van der Waals surface area contributed by atoms with E-state index in [1.54, 1.807) is 7.11 Å². The molecular weight excluding hydrogens is 324 g/mol. The quantitative estimate of drug-likeness (QED) is 0.770. The molecule has 5 heteroatoms. The highest BCUT2D eigenvalue weighted by Gasteiger charge is 2.08. The summed E-state index contributed by atoms with van der Waals surface area (Å²) >= 11 is 5.88. The smallest absolute Gasteiger partial charge is 0.233 e. The van der Waals surface area contributed by atoms with Gasteiger partial charge in [0.15, 0.2) is 0 Å². The van der Waals surface area contributed by atoms with E-state index in [1.165, 1.54) is 0 Å². The van der Waals surface area contributed by atoms with Gasteiger partial charge >= 0.3 is 0 Å². The van der Waals surface area contributed by atoms with E-state index < -0.39 is 0 Å². The molecular formula is C19H23ClN2O2. The van der Waals surface area contributed by atoms with Gasteiger partial charge in [-0.1, -0.05) is 41.9 Å². The number of para-hydroxylation sites is 1. The minimum atomic E-state index is -0.0225. The van der Waals surface area contributed by atoms with E-state index in [0.29, 0.717) is 11.6 Å². The van der Waals surface area contributed by atoms with E-state index in [0.717, 1.165) is 23.3 Å². The van der Waals surface area contributed by atoms with Crippen molar-refractivity contribution in [1.29, 1.82) is 0 Å². The Morgan fingerprint density at radius 1 is 1.17 bits per heavy atom. The highest BCUT2D eigenvalue weighted by atomic mass is 35.5. The van der Waals surface area contributed by atoms with Gasteiger partial charge in [-0.25, -0.2) is 0 Å². The first-order valence-corrected chi connectivity index (χ1v) is 8.35. The zero-order valence-corrected chi connectivity index (χ0v) is 14.8. The zero-order valence-electron chi connectivity index (χ0n) is 14.0. The second kappa shape index (κ2) is 9.30. The molecule has 2 rings (SSSR count). The van der Waals surface area contributed by atoms with Gasteiger partial charge in [-0.05, 0) is 42.7 Å². The highest BCUT2D eigenvalue weighted by molar-refractivity contribution is 6.30. The van der Waals surface area contributed by atoms with Crippen LogP contribution in [-0.2, 0) is 11.2 Å². The van der Waals surface area contributed by atoms with Crippen LogP contribution in [0.5, 0.6) is 5.75 Å². The van der Waals surface area contributed by atoms with E-state index in [4.69, 9.17) is 16.3 Å². The molecule has 0 radical (unpaired) electrons. The topological polar surface area (TPSA) is 50.4 Å². The fraction of sp³-hybridized carbons (Fsp3) is 0.316. The molecule has 0 aliphatic heterocycles. The van der Waals surface area contributed by atoms with Crippen LogP contribution in [0.2, 0.25) is 5.02 Å². The summed E-state index contributed by atoms with van der Waals surface area (Å²) in [7, 11) is 1.65. The number of hydrogen-bond donors (Lipinski definition) is 2. The lowest BCUT2D eigenvalue weighted by Crippen LogP contribution is -2.36. The van der Waals surface area contributed by atoms with Gasteiger partial charge in [-0.3, -0.25) is 4.79 Å². The number of carbonyl (C=O) groups is 1. The Morgan fingerprint density at radius 2 is 1.88 bits per heavy atom. The van der Waals surface area contributed by atoms with Gasteiger partial charge in [-0.15, -0.1) is 0 Å². The standard InChI is InChI=1S/C19H23ClN2O2/c1-14(15-7-9-17(20)10-8-15)22-13-19(23)21-12-11-16-5-3-4-6-18(16)24-2/h3-10,14,22H,11-13H2,1-2H3,(H,21,23). The Kier molecular flexibility index (Phi) is 7.09. The van der Waals surface area contributed by atoms with Crippen molar-refractivity contribution in [3.05, 3.63) is 64.7 Å². The van der Waals surface area contributed by atoms with Gasteiger partial charge < -0.3 is 15.4 Å². The molecule has 2 N–H and O–H groups in total. The monoisotopic (exact) mass is 346 g/mol. The third kappa shape index (κ3) is 5.55. The molecule has 0 spiro atoms. The van der Waals surface area contributed by atoms with E-state index in [9.17, 15) is 4.79 Å². The lowest BCUT2D eigenvalue weighted by molar-refractivity contribution is -0.120. The minimum absolute atomic E-state index is 0.0225. The van der Waals surface area contributed by atoms with E-state index in [1.807, 2.05) is 55.5 Å². The van der Waals surface area contributed by atoms with Crippen LogP contribution in [0.1, 0.15) is 24.1 Å². The molecule has 0 bridgehead atoms. The average Bonchev–Trinajstić information content (AvgIpc) is 2.60. The number of rotatable bonds is 8. The van der Waals surface area contributed by atoms with Crippen LogP contribution in [0.15, 0.2) is 48.5 Å². The van der Waals surface area contributed by atoms with E-state index in [-0.39, 0.29) is 18.5 Å². The molecule has 2 aromatic carbocycles. The number of benzene rings is 2. The van der Waals surface area contributed by atoms with Gasteiger partial charge in [0.25, 0.3) is 0 Å². The maximum atomic E-state index is 12.0. The molecule has 0 saturated heterocycles. The molecule has 128 valence electrons. The molecule has 1 amide bonds. The Bertz CT molecular complexity index is 659. The number of hydrogen-bond acceptors (Lipinski definition) is 3. The third-order valence-electron chi connectivity index (χ3n) is 3.85. The summed E-state index contributed by atoms with van der Waals surface area (Å²) in [6, 6.07) is 15.5. The Labute approximate surface area is 148 Å². The molecule has 0 aliphatic carbocycles. The van der Waals surface area contributed by atoms with Crippen LogP contribution in [-0.4, -0.2) is 26.1 Å². The van der Waals surface area contributed by atoms with Crippen LogP contribution >= 0.6 is 11.6 Å². The van der Waals surface area contributed by atoms with Crippen LogP contribution in [0, 0.1) is 0 Å². The first kappa shape index (κ1) is 18.3. The Hall–Kier alpha value is -2.04. The summed E-state index contributed by atoms with van der Waals surface area (Å²) in [6.45, 7) is 2.87. The molecule has 1 atom stereocenters. The molecule has 1 unspecified atom stereocenters. The summed E-state index contributed by atoms with van der Waals surface area (Å²) in [6.07, 6.45) is 0.739. The number of methoxy groups -OCH3 is 1. The van der Waals surface area contributed by atoms with Crippen LogP contribution in [0.4, 0.5) is 0 Å². The fourth-order valence-electron chi connectivity index (χ4n) is 2.42. The molecule has 4 nitrogen and oxygen atoms in total. The predicted octanol–water partition coefficient (Wildman–Crippen LogP) is 3.36. The maximum Gasteiger partial charge on any atom is 0.233 e. The molecule has 0 aliphatic rings. The van der Waals surface area contributed by atoms with Crippen molar-refractivity contribution in [2.45, 2.75) is 19.4 Å². The molecule has 0 fully saturated rings. The Balaban J connectivity index is 1.72. The largest absolute Gasteiger partial charge is 0.496 e. The van der Waals surface area contributed by atoms with Crippen molar-refractivity contribution in [3.8, 4) is 5.75 Å². The number of carbonyl (C=O) groups excluding carboxylic acids is 1. The molecule has 0 saturated carbocycles. The summed E-state index contributed by atoms with van der Waals surface area (Å²) in [5, 5.41) is 6.84. The first-order chi connectivity index (χ1) is 11.6. The molecule has 0 aromatic heterocycles. The summed E-state index contributed by atoms with van der Waals surface area (Å²) in [5.74, 6) is 0.826. The molecule has 2 aromatic rings. The summed E-state index contributed by atoms with van der Waals surface area (Å²) in [4.78, 5) is 12.0. The van der Waals surface area contributed by atoms with Crippen LogP contribution < -0.4 is 15.4 Å². The van der Waals surface area contributed by atoms with Crippen LogP contribution in [0.25, 0.3) is 0 Å². The maximum absolute atomic E-state index is 12.0. The van der Waals surface area contributed by atoms with Crippen molar-refractivity contribution in [1.82, 2.24) is 10.6 Å². The van der Waals surface area contributed by atoms with Crippen molar-refractivity contribution >= 4 is 17.5 Å². The third-order valence-corrected chi connectivity index (χ3v) is 4.10. The average molecular weight is 347 g/mol. The molecule has 24 heavy (non-hydrogen) atoms. The summed E-state index contributed by atoms with van der Waals surface area (Å²) in [5.41, 5.74) is 2.18. The molecule has 0 heterocycles. The van der Waals surface area contributed by atoms with Gasteiger partial charge in [0.1, 0.15) is 5.75 Å². The normalized spacial score (nSPS) is 11.8. The van der Waals surface area contributed by atoms with Crippen molar-refractivity contribution in [2.24, 2.45) is 0 Å². The summed E-state index contributed by atoms with van der Waals surface area (Å²) < 4.78 is 5.30. The van der Waals surface area contributed by atoms with Gasteiger partial charge in [-0.2, -0.15) is 0 Å². The number of nitrogens with one attached hydrogen (secondary N) is 2. The van der Waals surface area contributed by atoms with Crippen molar-refractivity contribution < 1.29 is 9.53 Å². The SMILES string of the molecule is COc1ccccc1CCNC(=O)CNC(C)c1ccc(Cl)cc1. The van der Waals surface area contributed by atoms with Gasteiger partial charge in [0.05, 0.1) is 13.7 Å². The van der Waals surface area contributed by atoms with E-state index in [2.05, 4.69) is 10.6 Å². The number of ether oxygens (including phenoxy) is 1. The van der Waals surface area contributed by atoms with Crippen molar-refractivity contribution in [3.63, 3.8) is 0 Å². The second-order valence-electron chi connectivity index (χ2n) is 5.57. The van der Waals surface area contributed by atoms with Crippen LogP contribution in [0.3, 0.4) is 0 Å². The van der Waals surface area contributed by atoms with Gasteiger partial charge in [0, 0.05) is 17.6 Å². The number of amides is 1. The minimum Gasteiger partial charge on any atom is -0.496 e. The lowest BCUT2D eigenvalue weighted by Gasteiger charge is -2.14. The zero-order chi connectivity index (χ0) is 17.4. The highest BCUT2D eigenvalue weighted by Crippen LogP contribution is 2.17. The van der Waals surface area contributed by atoms with E-state index >= 15 is 0 Å². The predicted molar refractivity (Wildman–Crippen MR) is 97.6 cm³/mol. The fourth-order valence-corrected chi connectivity index (χ4v) is 2.55. The Morgan fingerprint density at radius 3 is 2.58 bits per heavy atom. The first-order valence-electron chi connectivity index (χ1n) is 7.97. The lowest BCUT2D eigenvalue weighted by atomic mass is 10.1. The van der Waals surface area contributed by atoms with Gasteiger partial charge in [0.2, 0.25) is 5.91 Å². The number of halogens is 1. The second-order valence-corrected chi connectivity index (χ2v) is 6.00.